The zero-order valence-corrected chi connectivity index (χ0v) is 11.5. The van der Waals surface area contributed by atoms with Gasteiger partial charge < -0.3 is 9.64 Å². The molecule has 5 nitrogen and oxygen atoms in total. The Kier molecular flexibility index (Phi) is 6.72. The van der Waals surface area contributed by atoms with Gasteiger partial charge in [-0.2, -0.15) is 0 Å². The van der Waals surface area contributed by atoms with Crippen LogP contribution >= 0.6 is 0 Å². The van der Waals surface area contributed by atoms with Gasteiger partial charge in [0.05, 0.1) is 19.7 Å². The van der Waals surface area contributed by atoms with Crippen molar-refractivity contribution in [2.45, 2.75) is 33.1 Å². The molecule has 0 aliphatic carbocycles. The Labute approximate surface area is 109 Å². The third-order valence-corrected chi connectivity index (χ3v) is 3.02. The Bertz CT molecular complexity index is 275. The first-order valence-corrected chi connectivity index (χ1v) is 6.83. The predicted molar refractivity (Wildman–Crippen MR) is 69.2 cm³/mol. The highest BCUT2D eigenvalue weighted by molar-refractivity contribution is 5.79. The van der Waals surface area contributed by atoms with Gasteiger partial charge in [-0.15, -0.1) is 0 Å². The molecule has 1 aliphatic rings. The number of carbonyl (C=O) groups excluding carboxylic acids is 2. The van der Waals surface area contributed by atoms with Crippen LogP contribution in [0.4, 0.5) is 0 Å². The largest absolute Gasteiger partial charge is 0.465 e. The average molecular weight is 256 g/mol. The summed E-state index contributed by atoms with van der Waals surface area (Å²) in [6.07, 6.45) is 3.11. The Morgan fingerprint density at radius 1 is 1.17 bits per heavy atom. The standard InChI is InChI=1S/C13H24N2O3/c1-3-7-14(11-13(17)18-4-2)10-12(16)15-8-5-6-9-15/h3-11H2,1-2H3. The van der Waals surface area contributed by atoms with Crippen LogP contribution < -0.4 is 0 Å². The molecule has 1 aliphatic heterocycles. The van der Waals surface area contributed by atoms with Gasteiger partial charge in [0.2, 0.25) is 5.91 Å². The van der Waals surface area contributed by atoms with Crippen molar-refractivity contribution in [3.8, 4) is 0 Å². The van der Waals surface area contributed by atoms with Crippen molar-refractivity contribution >= 4 is 11.9 Å². The highest BCUT2D eigenvalue weighted by atomic mass is 16.5. The van der Waals surface area contributed by atoms with Gasteiger partial charge in [0.15, 0.2) is 0 Å². The van der Waals surface area contributed by atoms with Gasteiger partial charge >= 0.3 is 5.97 Å². The molecule has 18 heavy (non-hydrogen) atoms. The van der Waals surface area contributed by atoms with Gasteiger partial charge in [0.1, 0.15) is 0 Å². The van der Waals surface area contributed by atoms with E-state index in [0.717, 1.165) is 38.9 Å². The van der Waals surface area contributed by atoms with Crippen molar-refractivity contribution in [2.24, 2.45) is 0 Å². The summed E-state index contributed by atoms with van der Waals surface area (Å²) in [5, 5.41) is 0. The number of amides is 1. The van der Waals surface area contributed by atoms with E-state index in [0.29, 0.717) is 13.2 Å². The zero-order valence-electron chi connectivity index (χ0n) is 11.5. The van der Waals surface area contributed by atoms with Gasteiger partial charge in [0.25, 0.3) is 0 Å². The second-order valence-corrected chi connectivity index (χ2v) is 4.60. The minimum Gasteiger partial charge on any atom is -0.465 e. The fourth-order valence-electron chi connectivity index (χ4n) is 2.18. The summed E-state index contributed by atoms with van der Waals surface area (Å²) in [4.78, 5) is 27.2. The van der Waals surface area contributed by atoms with Gasteiger partial charge in [-0.1, -0.05) is 6.92 Å². The first kappa shape index (κ1) is 15.0. The molecule has 0 aromatic rings. The first-order valence-electron chi connectivity index (χ1n) is 6.83. The summed E-state index contributed by atoms with van der Waals surface area (Å²) < 4.78 is 4.92. The molecule has 0 saturated carbocycles. The van der Waals surface area contributed by atoms with Gasteiger partial charge in [-0.25, -0.2) is 0 Å². The van der Waals surface area contributed by atoms with Crippen LogP contribution in [0.25, 0.3) is 0 Å². The fourth-order valence-corrected chi connectivity index (χ4v) is 2.18. The van der Waals surface area contributed by atoms with E-state index in [-0.39, 0.29) is 18.4 Å². The lowest BCUT2D eigenvalue weighted by Crippen LogP contribution is -2.41. The lowest BCUT2D eigenvalue weighted by Gasteiger charge is -2.23. The molecule has 1 amide bonds. The van der Waals surface area contributed by atoms with Crippen molar-refractivity contribution in [1.29, 1.82) is 0 Å². The molecule has 0 bridgehead atoms. The average Bonchev–Trinajstić information content (AvgIpc) is 2.82. The highest BCUT2D eigenvalue weighted by Crippen LogP contribution is 2.08. The van der Waals surface area contributed by atoms with Crippen LogP contribution in [-0.2, 0) is 14.3 Å². The summed E-state index contributed by atoms with van der Waals surface area (Å²) >= 11 is 0. The summed E-state index contributed by atoms with van der Waals surface area (Å²) in [5.41, 5.74) is 0. The number of hydrogen-bond acceptors (Lipinski definition) is 4. The SMILES string of the molecule is CCCN(CC(=O)OCC)CC(=O)N1CCCC1. The van der Waals surface area contributed by atoms with E-state index in [9.17, 15) is 9.59 Å². The quantitative estimate of drug-likeness (QED) is 0.635. The van der Waals surface area contributed by atoms with E-state index in [2.05, 4.69) is 0 Å². The summed E-state index contributed by atoms with van der Waals surface area (Å²) in [5.74, 6) is -0.120. The Morgan fingerprint density at radius 3 is 2.39 bits per heavy atom. The summed E-state index contributed by atoms with van der Waals surface area (Å²) in [6.45, 7) is 7.22. The first-order chi connectivity index (χ1) is 8.67. The number of likely N-dealkylation sites (tertiary alicyclic amines) is 1. The Balaban J connectivity index is 2.40. The van der Waals surface area contributed by atoms with E-state index in [1.165, 1.54) is 0 Å². The molecule has 0 radical (unpaired) electrons. The Hall–Kier alpha value is -1.10. The molecule has 1 heterocycles. The second-order valence-electron chi connectivity index (χ2n) is 4.60. The van der Waals surface area contributed by atoms with Crippen LogP contribution in [0.2, 0.25) is 0 Å². The maximum atomic E-state index is 12.0. The molecule has 0 spiro atoms. The van der Waals surface area contributed by atoms with Gasteiger partial charge in [0, 0.05) is 13.1 Å². The number of carbonyl (C=O) groups is 2. The molecule has 1 saturated heterocycles. The van der Waals surface area contributed by atoms with Crippen molar-refractivity contribution in [3.05, 3.63) is 0 Å². The van der Waals surface area contributed by atoms with E-state index >= 15 is 0 Å². The van der Waals surface area contributed by atoms with Crippen molar-refractivity contribution in [2.75, 3.05) is 39.3 Å². The van der Waals surface area contributed by atoms with E-state index in [4.69, 9.17) is 4.74 Å². The molecule has 0 atom stereocenters. The van der Waals surface area contributed by atoms with Crippen LogP contribution in [0.3, 0.4) is 0 Å². The van der Waals surface area contributed by atoms with Crippen LogP contribution in [-0.4, -0.2) is 61.0 Å². The van der Waals surface area contributed by atoms with Crippen molar-refractivity contribution in [3.63, 3.8) is 0 Å². The second kappa shape index (κ2) is 8.08. The molecule has 0 N–H and O–H groups in total. The third-order valence-electron chi connectivity index (χ3n) is 3.02. The molecule has 0 aromatic heterocycles. The zero-order chi connectivity index (χ0) is 13.4. The maximum absolute atomic E-state index is 12.0. The number of esters is 1. The number of ether oxygens (including phenoxy) is 1. The predicted octanol–water partition coefficient (Wildman–Crippen LogP) is 0.884. The highest BCUT2D eigenvalue weighted by Gasteiger charge is 2.21. The summed E-state index contributed by atoms with van der Waals surface area (Å²) in [7, 11) is 0. The van der Waals surface area contributed by atoms with Crippen LogP contribution in [0.1, 0.15) is 33.1 Å². The third kappa shape index (κ3) is 5.04. The number of nitrogens with zero attached hydrogens (tertiary/aromatic N) is 2. The maximum Gasteiger partial charge on any atom is 0.320 e. The molecular formula is C13H24N2O3. The molecule has 0 aromatic carbocycles. The van der Waals surface area contributed by atoms with E-state index in [1.807, 2.05) is 16.7 Å². The lowest BCUT2D eigenvalue weighted by atomic mass is 10.3. The van der Waals surface area contributed by atoms with Crippen molar-refractivity contribution in [1.82, 2.24) is 9.80 Å². The monoisotopic (exact) mass is 256 g/mol. The normalized spacial score (nSPS) is 15.2. The number of rotatable bonds is 7. The lowest BCUT2D eigenvalue weighted by molar-refractivity contribution is -0.145. The minimum atomic E-state index is -0.250. The topological polar surface area (TPSA) is 49.9 Å². The smallest absolute Gasteiger partial charge is 0.320 e. The van der Waals surface area contributed by atoms with Gasteiger partial charge in [-0.05, 0) is 32.7 Å². The van der Waals surface area contributed by atoms with E-state index < -0.39 is 0 Å². The Morgan fingerprint density at radius 2 is 1.83 bits per heavy atom. The molecular weight excluding hydrogens is 232 g/mol. The molecule has 0 unspecified atom stereocenters. The minimum absolute atomic E-state index is 0.130. The molecule has 1 fully saturated rings. The molecule has 104 valence electrons. The number of hydrogen-bond donors (Lipinski definition) is 0. The van der Waals surface area contributed by atoms with Crippen LogP contribution in [0.15, 0.2) is 0 Å². The summed E-state index contributed by atoms with van der Waals surface area (Å²) in [6, 6.07) is 0. The van der Waals surface area contributed by atoms with Gasteiger partial charge in [-0.3, -0.25) is 14.5 Å². The molecule has 5 heteroatoms. The fraction of sp³-hybridized carbons (Fsp3) is 0.846. The van der Waals surface area contributed by atoms with Crippen molar-refractivity contribution < 1.29 is 14.3 Å². The molecule has 1 rings (SSSR count). The van der Waals surface area contributed by atoms with Crippen LogP contribution in [0, 0.1) is 0 Å². The van der Waals surface area contributed by atoms with Crippen LogP contribution in [0.5, 0.6) is 0 Å². The van der Waals surface area contributed by atoms with E-state index in [1.54, 1.807) is 6.92 Å².